The largest absolute Gasteiger partial charge is 0.383 e. The van der Waals surface area contributed by atoms with Gasteiger partial charge in [0.15, 0.2) is 0 Å². The highest BCUT2D eigenvalue weighted by Crippen LogP contribution is 2.07. The molecule has 1 fully saturated rings. The number of methoxy groups -OCH3 is 1. The molecule has 0 saturated carbocycles. The summed E-state index contributed by atoms with van der Waals surface area (Å²) in [5.74, 6) is 0.189. The molecule has 1 unspecified atom stereocenters. The molecule has 1 aliphatic rings. The summed E-state index contributed by atoms with van der Waals surface area (Å²) in [6.45, 7) is 2.25. The van der Waals surface area contributed by atoms with E-state index in [9.17, 15) is 4.79 Å². The minimum Gasteiger partial charge on any atom is -0.383 e. The van der Waals surface area contributed by atoms with Gasteiger partial charge >= 0.3 is 0 Å². The highest BCUT2D eigenvalue weighted by atomic mass is 16.5. The Labute approximate surface area is 79.2 Å². The van der Waals surface area contributed by atoms with Crippen LogP contribution >= 0.6 is 0 Å². The summed E-state index contributed by atoms with van der Waals surface area (Å²) in [6.07, 6.45) is 2.07. The van der Waals surface area contributed by atoms with Gasteiger partial charge < -0.3 is 15.0 Å². The summed E-state index contributed by atoms with van der Waals surface area (Å²) in [6, 6.07) is 0.0434. The third-order valence-electron chi connectivity index (χ3n) is 2.37. The average Bonchev–Trinajstić information content (AvgIpc) is 2.65. The van der Waals surface area contributed by atoms with Crippen LogP contribution in [0.2, 0.25) is 0 Å². The van der Waals surface area contributed by atoms with Crippen LogP contribution in [0, 0.1) is 0 Å². The molecule has 0 aromatic heterocycles. The van der Waals surface area contributed by atoms with Gasteiger partial charge in [-0.05, 0) is 19.4 Å². The van der Waals surface area contributed by atoms with Gasteiger partial charge in [0, 0.05) is 20.7 Å². The first-order valence-electron chi connectivity index (χ1n) is 4.73. The number of nitrogens with zero attached hydrogens (tertiary/aromatic N) is 1. The summed E-state index contributed by atoms with van der Waals surface area (Å²) >= 11 is 0. The maximum Gasteiger partial charge on any atom is 0.239 e. The summed E-state index contributed by atoms with van der Waals surface area (Å²) in [7, 11) is 3.47. The lowest BCUT2D eigenvalue weighted by Crippen LogP contribution is -2.42. The predicted octanol–water partition coefficient (Wildman–Crippen LogP) is -0.157. The monoisotopic (exact) mass is 186 g/mol. The molecule has 0 radical (unpaired) electrons. The lowest BCUT2D eigenvalue weighted by atomic mass is 10.2. The third-order valence-corrected chi connectivity index (χ3v) is 2.37. The number of carbonyl (C=O) groups excluding carboxylic acids is 1. The molecule has 1 N–H and O–H groups in total. The van der Waals surface area contributed by atoms with Crippen molar-refractivity contribution in [2.45, 2.75) is 18.9 Å². The molecule has 4 nitrogen and oxygen atoms in total. The Bertz CT molecular complexity index is 167. The van der Waals surface area contributed by atoms with Gasteiger partial charge in [0.1, 0.15) is 0 Å². The summed E-state index contributed by atoms with van der Waals surface area (Å²) in [5.41, 5.74) is 0. The number of amides is 1. The Morgan fingerprint density at radius 2 is 2.46 bits per heavy atom. The van der Waals surface area contributed by atoms with Crippen LogP contribution in [0.1, 0.15) is 12.8 Å². The fourth-order valence-electron chi connectivity index (χ4n) is 1.50. The van der Waals surface area contributed by atoms with E-state index in [1.165, 1.54) is 0 Å². The zero-order valence-corrected chi connectivity index (χ0v) is 8.38. The lowest BCUT2D eigenvalue weighted by Gasteiger charge is -2.20. The zero-order chi connectivity index (χ0) is 9.68. The van der Waals surface area contributed by atoms with Crippen LogP contribution in [0.5, 0.6) is 0 Å². The Morgan fingerprint density at radius 3 is 3.00 bits per heavy atom. The van der Waals surface area contributed by atoms with Gasteiger partial charge in [-0.1, -0.05) is 0 Å². The number of carbonyl (C=O) groups is 1. The van der Waals surface area contributed by atoms with Gasteiger partial charge in [-0.2, -0.15) is 0 Å². The Morgan fingerprint density at radius 1 is 1.69 bits per heavy atom. The van der Waals surface area contributed by atoms with Gasteiger partial charge in [-0.15, -0.1) is 0 Å². The minimum absolute atomic E-state index is 0.0434. The smallest absolute Gasteiger partial charge is 0.239 e. The second kappa shape index (κ2) is 5.19. The van der Waals surface area contributed by atoms with E-state index in [0.29, 0.717) is 13.2 Å². The minimum atomic E-state index is 0.0434. The van der Waals surface area contributed by atoms with Crippen molar-refractivity contribution in [2.75, 3.05) is 33.9 Å². The fourth-order valence-corrected chi connectivity index (χ4v) is 1.50. The lowest BCUT2D eigenvalue weighted by molar-refractivity contribution is -0.132. The quantitative estimate of drug-likeness (QED) is 0.663. The van der Waals surface area contributed by atoms with Crippen molar-refractivity contribution >= 4 is 5.91 Å². The van der Waals surface area contributed by atoms with Crippen LogP contribution < -0.4 is 5.32 Å². The molecule has 4 heteroatoms. The van der Waals surface area contributed by atoms with Crippen LogP contribution in [0.25, 0.3) is 0 Å². The van der Waals surface area contributed by atoms with Crippen molar-refractivity contribution in [1.29, 1.82) is 0 Å². The Hall–Kier alpha value is -0.610. The molecule has 1 atom stereocenters. The fraction of sp³-hybridized carbons (Fsp3) is 0.889. The van der Waals surface area contributed by atoms with E-state index in [2.05, 4.69) is 5.32 Å². The predicted molar refractivity (Wildman–Crippen MR) is 50.5 cm³/mol. The van der Waals surface area contributed by atoms with E-state index in [-0.39, 0.29) is 11.9 Å². The van der Waals surface area contributed by atoms with Crippen molar-refractivity contribution < 1.29 is 9.53 Å². The molecule has 1 rings (SSSR count). The summed E-state index contributed by atoms with van der Waals surface area (Å²) in [4.78, 5) is 13.4. The molecule has 1 saturated heterocycles. The number of hydrogen-bond acceptors (Lipinski definition) is 3. The Balaban J connectivity index is 2.28. The first-order valence-corrected chi connectivity index (χ1v) is 4.73. The average molecular weight is 186 g/mol. The number of rotatable bonds is 4. The molecule has 1 amide bonds. The standard InChI is InChI=1S/C9H18N2O2/c1-11(6-7-13-2)9(12)8-4-3-5-10-8/h8,10H,3-7H2,1-2H3. The maximum absolute atomic E-state index is 11.7. The summed E-state index contributed by atoms with van der Waals surface area (Å²) < 4.78 is 4.91. The van der Waals surface area contributed by atoms with Crippen LogP contribution in [0.4, 0.5) is 0 Å². The molecule has 0 bridgehead atoms. The van der Waals surface area contributed by atoms with E-state index >= 15 is 0 Å². The van der Waals surface area contributed by atoms with E-state index in [1.807, 2.05) is 7.05 Å². The Kier molecular flexibility index (Phi) is 4.18. The van der Waals surface area contributed by atoms with Gasteiger partial charge in [0.25, 0.3) is 0 Å². The van der Waals surface area contributed by atoms with Crippen molar-refractivity contribution in [1.82, 2.24) is 10.2 Å². The first-order chi connectivity index (χ1) is 6.25. The van der Waals surface area contributed by atoms with Gasteiger partial charge in [-0.3, -0.25) is 4.79 Å². The number of ether oxygens (including phenoxy) is 1. The first kappa shape index (κ1) is 10.5. The molecule has 76 valence electrons. The molecule has 1 aliphatic heterocycles. The van der Waals surface area contributed by atoms with E-state index in [1.54, 1.807) is 12.0 Å². The molecule has 13 heavy (non-hydrogen) atoms. The van der Waals surface area contributed by atoms with Crippen molar-refractivity contribution in [2.24, 2.45) is 0 Å². The second-order valence-corrected chi connectivity index (χ2v) is 3.40. The van der Waals surface area contributed by atoms with Gasteiger partial charge in [0.2, 0.25) is 5.91 Å². The number of nitrogens with one attached hydrogen (secondary N) is 1. The molecule has 0 aromatic carbocycles. The number of likely N-dealkylation sites (N-methyl/N-ethyl adjacent to an activating group) is 1. The van der Waals surface area contributed by atoms with Crippen molar-refractivity contribution in [3.8, 4) is 0 Å². The van der Waals surface area contributed by atoms with Crippen molar-refractivity contribution in [3.63, 3.8) is 0 Å². The normalized spacial score (nSPS) is 21.8. The van der Waals surface area contributed by atoms with Crippen LogP contribution in [-0.2, 0) is 9.53 Å². The van der Waals surface area contributed by atoms with E-state index in [4.69, 9.17) is 4.74 Å². The third kappa shape index (κ3) is 2.97. The molecule has 0 aromatic rings. The van der Waals surface area contributed by atoms with E-state index in [0.717, 1.165) is 19.4 Å². The zero-order valence-electron chi connectivity index (χ0n) is 8.38. The van der Waals surface area contributed by atoms with Gasteiger partial charge in [0.05, 0.1) is 12.6 Å². The van der Waals surface area contributed by atoms with Crippen LogP contribution in [0.15, 0.2) is 0 Å². The maximum atomic E-state index is 11.7. The highest BCUT2D eigenvalue weighted by molar-refractivity contribution is 5.81. The van der Waals surface area contributed by atoms with Crippen LogP contribution in [0.3, 0.4) is 0 Å². The molecule has 1 heterocycles. The summed E-state index contributed by atoms with van der Waals surface area (Å²) in [5, 5.41) is 3.18. The highest BCUT2D eigenvalue weighted by Gasteiger charge is 2.24. The van der Waals surface area contributed by atoms with Crippen LogP contribution in [-0.4, -0.2) is 50.7 Å². The van der Waals surface area contributed by atoms with Gasteiger partial charge in [-0.25, -0.2) is 0 Å². The molecular weight excluding hydrogens is 168 g/mol. The topological polar surface area (TPSA) is 41.6 Å². The molecular formula is C9H18N2O2. The number of hydrogen-bond donors (Lipinski definition) is 1. The SMILES string of the molecule is COCCN(C)C(=O)C1CCCN1. The molecule has 0 aliphatic carbocycles. The second-order valence-electron chi connectivity index (χ2n) is 3.40. The van der Waals surface area contributed by atoms with E-state index < -0.39 is 0 Å². The van der Waals surface area contributed by atoms with Crippen molar-refractivity contribution in [3.05, 3.63) is 0 Å². The molecule has 0 spiro atoms.